The predicted octanol–water partition coefficient (Wildman–Crippen LogP) is 5.40. The van der Waals surface area contributed by atoms with Crippen LogP contribution in [0.15, 0.2) is 59.8 Å². The highest BCUT2D eigenvalue weighted by Gasteiger charge is 2.25. The largest absolute Gasteiger partial charge is 0.454 e. The number of hydrogen-bond donors (Lipinski definition) is 1. The van der Waals surface area contributed by atoms with Gasteiger partial charge in [-0.05, 0) is 53.0 Å². The van der Waals surface area contributed by atoms with Crippen molar-refractivity contribution in [2.45, 2.75) is 17.1 Å². The summed E-state index contributed by atoms with van der Waals surface area (Å²) in [5.41, 5.74) is 2.57. The lowest BCUT2D eigenvalue weighted by molar-refractivity contribution is -0.115. The maximum atomic E-state index is 14.9. The molecule has 0 fully saturated rings. The summed E-state index contributed by atoms with van der Waals surface area (Å²) >= 11 is 7.01. The molecule has 1 N–H and O–H groups in total. The lowest BCUT2D eigenvalue weighted by Crippen LogP contribution is -2.08. The highest BCUT2D eigenvalue weighted by molar-refractivity contribution is 7.90. The summed E-state index contributed by atoms with van der Waals surface area (Å²) < 4.78 is 64.3. The van der Waals surface area contributed by atoms with Gasteiger partial charge in [0.25, 0.3) is 0 Å². The van der Waals surface area contributed by atoms with Gasteiger partial charge in [-0.1, -0.05) is 23.7 Å². The highest BCUT2D eigenvalue weighted by atomic mass is 35.5. The second-order valence-corrected chi connectivity index (χ2v) is 10.9. The standard InChI is InChI=1S/C23H14ClF2N3O4S2/c24-14-3-4-19(15(7-14)12-1-2-13-6-22(30)29-18(13)5-12)33-20-8-17(26)21(9-16(20)25)35(31,32)10-23-27-11-28-34-23/h1-5,7-9,11H,6,10H2,(H,29,30). The fraction of sp³-hybridized carbons (Fsp3) is 0.0870. The summed E-state index contributed by atoms with van der Waals surface area (Å²) in [5, 5.41) is 3.29. The zero-order chi connectivity index (χ0) is 24.7. The number of carbonyl (C=O) groups is 1. The number of sulfone groups is 1. The third kappa shape index (κ3) is 4.75. The van der Waals surface area contributed by atoms with Crippen molar-refractivity contribution in [2.24, 2.45) is 0 Å². The number of halogens is 3. The van der Waals surface area contributed by atoms with Crippen molar-refractivity contribution in [1.29, 1.82) is 0 Å². The van der Waals surface area contributed by atoms with Crippen molar-refractivity contribution in [3.63, 3.8) is 0 Å². The maximum Gasteiger partial charge on any atom is 0.228 e. The number of fused-ring (bicyclic) bond motifs is 1. The average molecular weight is 534 g/mol. The number of aromatic nitrogens is 2. The van der Waals surface area contributed by atoms with Crippen molar-refractivity contribution < 1.29 is 26.7 Å². The third-order valence-electron chi connectivity index (χ3n) is 5.25. The van der Waals surface area contributed by atoms with Crippen molar-refractivity contribution in [3.05, 3.63) is 82.1 Å². The number of carbonyl (C=O) groups excluding carboxylic acids is 1. The van der Waals surface area contributed by atoms with E-state index in [2.05, 4.69) is 14.7 Å². The number of nitrogens with zero attached hydrogens (tertiary/aromatic N) is 2. The van der Waals surface area contributed by atoms with E-state index >= 15 is 0 Å². The van der Waals surface area contributed by atoms with Crippen LogP contribution in [0.1, 0.15) is 10.6 Å². The smallest absolute Gasteiger partial charge is 0.228 e. The molecule has 1 aromatic heterocycles. The van der Waals surface area contributed by atoms with Gasteiger partial charge < -0.3 is 10.1 Å². The molecule has 0 aliphatic carbocycles. The first-order valence-electron chi connectivity index (χ1n) is 10.1. The average Bonchev–Trinajstić information content (AvgIpc) is 3.44. The molecule has 0 radical (unpaired) electrons. The monoisotopic (exact) mass is 533 g/mol. The first-order chi connectivity index (χ1) is 16.7. The number of benzene rings is 3. The van der Waals surface area contributed by atoms with E-state index in [1.165, 1.54) is 18.5 Å². The van der Waals surface area contributed by atoms with Crippen LogP contribution in [-0.4, -0.2) is 23.7 Å². The highest BCUT2D eigenvalue weighted by Crippen LogP contribution is 2.39. The molecule has 0 bridgehead atoms. The van der Waals surface area contributed by atoms with E-state index in [1.54, 1.807) is 24.3 Å². The van der Waals surface area contributed by atoms with Gasteiger partial charge in [0.1, 0.15) is 33.6 Å². The van der Waals surface area contributed by atoms with Crippen LogP contribution in [0, 0.1) is 11.6 Å². The van der Waals surface area contributed by atoms with Gasteiger partial charge in [0.05, 0.1) is 6.42 Å². The molecule has 7 nitrogen and oxygen atoms in total. The molecule has 35 heavy (non-hydrogen) atoms. The number of amides is 1. The Bertz CT molecular complexity index is 1580. The van der Waals surface area contributed by atoms with Gasteiger partial charge >= 0.3 is 0 Å². The molecule has 3 aromatic carbocycles. The summed E-state index contributed by atoms with van der Waals surface area (Å²) in [6.45, 7) is 0. The van der Waals surface area contributed by atoms with Gasteiger partial charge in [0.15, 0.2) is 21.4 Å². The van der Waals surface area contributed by atoms with Crippen molar-refractivity contribution in [3.8, 4) is 22.6 Å². The van der Waals surface area contributed by atoms with Gasteiger partial charge in [0, 0.05) is 22.3 Å². The second kappa shape index (κ2) is 8.99. The molecule has 0 spiro atoms. The Kier molecular flexibility index (Phi) is 5.99. The molecule has 12 heteroatoms. The number of anilines is 1. The minimum absolute atomic E-state index is 0.126. The molecule has 1 aliphatic rings. The molecule has 0 unspecified atom stereocenters. The fourth-order valence-electron chi connectivity index (χ4n) is 3.64. The van der Waals surface area contributed by atoms with Crippen molar-refractivity contribution >= 4 is 44.6 Å². The van der Waals surface area contributed by atoms with Crippen LogP contribution in [0.5, 0.6) is 11.5 Å². The van der Waals surface area contributed by atoms with Gasteiger partial charge in [-0.25, -0.2) is 22.2 Å². The number of nitrogens with one attached hydrogen (secondary N) is 1. The van der Waals surface area contributed by atoms with Crippen LogP contribution >= 0.6 is 23.1 Å². The van der Waals surface area contributed by atoms with E-state index in [0.717, 1.165) is 17.1 Å². The Labute approximate surface area is 207 Å². The summed E-state index contributed by atoms with van der Waals surface area (Å²) in [6, 6.07) is 11.1. The van der Waals surface area contributed by atoms with Crippen LogP contribution in [-0.2, 0) is 26.8 Å². The molecule has 178 valence electrons. The van der Waals surface area contributed by atoms with Crippen molar-refractivity contribution in [1.82, 2.24) is 9.36 Å². The molecule has 0 saturated heterocycles. The first kappa shape index (κ1) is 23.3. The molecular formula is C23H14ClF2N3O4S2. The second-order valence-electron chi connectivity index (χ2n) is 7.65. The summed E-state index contributed by atoms with van der Waals surface area (Å²) in [6.07, 6.45) is 1.45. The van der Waals surface area contributed by atoms with E-state index in [0.29, 0.717) is 34.0 Å². The van der Waals surface area contributed by atoms with E-state index in [4.69, 9.17) is 16.3 Å². The van der Waals surface area contributed by atoms with Gasteiger partial charge in [0.2, 0.25) is 5.91 Å². The Morgan fingerprint density at radius 1 is 1.06 bits per heavy atom. The molecular weight excluding hydrogens is 520 g/mol. The van der Waals surface area contributed by atoms with Crippen LogP contribution in [0.2, 0.25) is 5.02 Å². The number of ether oxygens (including phenoxy) is 1. The minimum Gasteiger partial charge on any atom is -0.454 e. The Balaban J connectivity index is 1.49. The quantitative estimate of drug-likeness (QED) is 0.356. The fourth-order valence-corrected chi connectivity index (χ4v) is 6.00. The number of hydrogen-bond acceptors (Lipinski definition) is 7. The van der Waals surface area contributed by atoms with Crippen LogP contribution < -0.4 is 10.1 Å². The van der Waals surface area contributed by atoms with E-state index < -0.39 is 37.9 Å². The third-order valence-corrected chi connectivity index (χ3v) is 7.96. The molecule has 1 aliphatic heterocycles. The molecule has 4 aromatic rings. The first-order valence-corrected chi connectivity index (χ1v) is 12.9. The van der Waals surface area contributed by atoms with Gasteiger partial charge in [-0.2, -0.15) is 4.37 Å². The molecule has 0 atom stereocenters. The van der Waals surface area contributed by atoms with E-state index in [1.807, 2.05) is 0 Å². The van der Waals surface area contributed by atoms with Gasteiger partial charge in [-0.15, -0.1) is 0 Å². The SMILES string of the molecule is O=C1Cc2ccc(-c3cc(Cl)ccc3Oc3cc(F)c(S(=O)(=O)Cc4ncns4)cc3F)cc2N1. The van der Waals surface area contributed by atoms with Gasteiger partial charge in [-0.3, -0.25) is 4.79 Å². The number of rotatable bonds is 6. The summed E-state index contributed by atoms with van der Waals surface area (Å²) in [7, 11) is -4.21. The lowest BCUT2D eigenvalue weighted by Gasteiger charge is -2.14. The zero-order valence-electron chi connectivity index (χ0n) is 17.6. The summed E-state index contributed by atoms with van der Waals surface area (Å²) in [5.74, 6) is -3.31. The Hall–Kier alpha value is -3.41. The van der Waals surface area contributed by atoms with Crippen molar-refractivity contribution in [2.75, 3.05) is 5.32 Å². The Morgan fingerprint density at radius 2 is 1.89 bits per heavy atom. The van der Waals surface area contributed by atoms with Crippen LogP contribution in [0.3, 0.4) is 0 Å². The molecule has 5 rings (SSSR count). The Morgan fingerprint density at radius 3 is 2.66 bits per heavy atom. The predicted molar refractivity (Wildman–Crippen MR) is 126 cm³/mol. The minimum atomic E-state index is -4.21. The van der Waals surface area contributed by atoms with Crippen LogP contribution in [0.25, 0.3) is 11.1 Å². The van der Waals surface area contributed by atoms with Crippen LogP contribution in [0.4, 0.5) is 14.5 Å². The summed E-state index contributed by atoms with van der Waals surface area (Å²) in [4.78, 5) is 14.7. The van der Waals surface area contributed by atoms with E-state index in [9.17, 15) is 22.0 Å². The maximum absolute atomic E-state index is 14.9. The molecule has 2 heterocycles. The molecule has 0 saturated carbocycles. The lowest BCUT2D eigenvalue weighted by atomic mass is 10.0. The normalized spacial score (nSPS) is 12.9. The zero-order valence-corrected chi connectivity index (χ0v) is 20.0. The molecule has 1 amide bonds. The van der Waals surface area contributed by atoms with E-state index in [-0.39, 0.29) is 23.1 Å². The topological polar surface area (TPSA) is 98.3 Å².